The Hall–Kier alpha value is -1.56. The van der Waals surface area contributed by atoms with Crippen LogP contribution in [0, 0.1) is 0 Å². The maximum Gasteiger partial charge on any atom is 0.416 e. The van der Waals surface area contributed by atoms with Crippen LogP contribution in [-0.4, -0.2) is 19.5 Å². The topological polar surface area (TPSA) is 46.3 Å². The monoisotopic (exact) mass is 274 g/mol. The van der Waals surface area contributed by atoms with E-state index < -0.39 is 11.7 Å². The van der Waals surface area contributed by atoms with Gasteiger partial charge in [0.15, 0.2) is 0 Å². The Labute approximate surface area is 110 Å². The molecule has 0 aliphatic heterocycles. The first-order valence-electron chi connectivity index (χ1n) is 6.00. The zero-order valence-electron chi connectivity index (χ0n) is 10.7. The molecule has 0 aliphatic carbocycles. The van der Waals surface area contributed by atoms with E-state index in [4.69, 9.17) is 5.73 Å². The lowest BCUT2D eigenvalue weighted by atomic mass is 10.1. The normalized spacial score (nSPS) is 11.4. The molecule has 0 unspecified atom stereocenters. The summed E-state index contributed by atoms with van der Waals surface area (Å²) >= 11 is 0. The quantitative estimate of drug-likeness (QED) is 0.839. The summed E-state index contributed by atoms with van der Waals surface area (Å²) in [5, 5.41) is 0. The van der Waals surface area contributed by atoms with E-state index >= 15 is 0 Å². The largest absolute Gasteiger partial charge is 0.416 e. The lowest BCUT2D eigenvalue weighted by Gasteiger charge is -2.18. The van der Waals surface area contributed by atoms with Gasteiger partial charge in [0, 0.05) is 19.2 Å². The minimum absolute atomic E-state index is 0.215. The van der Waals surface area contributed by atoms with Crippen molar-refractivity contribution in [1.29, 1.82) is 0 Å². The molecule has 106 valence electrons. The van der Waals surface area contributed by atoms with Gasteiger partial charge in [-0.1, -0.05) is 6.07 Å². The van der Waals surface area contributed by atoms with Crippen molar-refractivity contribution < 1.29 is 18.0 Å². The van der Waals surface area contributed by atoms with E-state index in [1.54, 1.807) is 0 Å². The molecule has 6 heteroatoms. The van der Waals surface area contributed by atoms with Gasteiger partial charge < -0.3 is 10.6 Å². The molecule has 0 saturated carbocycles. The van der Waals surface area contributed by atoms with Crippen molar-refractivity contribution in [3.05, 3.63) is 29.8 Å². The van der Waals surface area contributed by atoms with Crippen LogP contribution in [0.3, 0.4) is 0 Å². The van der Waals surface area contributed by atoms with Crippen molar-refractivity contribution >= 4 is 11.6 Å². The molecule has 0 atom stereocenters. The molecule has 0 aliphatic rings. The van der Waals surface area contributed by atoms with Crippen LogP contribution < -0.4 is 10.6 Å². The van der Waals surface area contributed by atoms with E-state index in [1.165, 1.54) is 24.1 Å². The number of rotatable bonds is 5. The van der Waals surface area contributed by atoms with Crippen LogP contribution in [0.1, 0.15) is 24.8 Å². The van der Waals surface area contributed by atoms with E-state index in [0.29, 0.717) is 13.0 Å². The minimum atomic E-state index is -4.40. The minimum Gasteiger partial charge on any atom is -0.330 e. The molecule has 0 radical (unpaired) electrons. The van der Waals surface area contributed by atoms with Gasteiger partial charge in [0.2, 0.25) is 5.91 Å². The van der Waals surface area contributed by atoms with Gasteiger partial charge in [-0.15, -0.1) is 0 Å². The van der Waals surface area contributed by atoms with E-state index in [2.05, 4.69) is 0 Å². The number of hydrogen-bond donors (Lipinski definition) is 1. The van der Waals surface area contributed by atoms with Gasteiger partial charge in [-0.2, -0.15) is 13.2 Å². The second-order valence-electron chi connectivity index (χ2n) is 4.25. The zero-order chi connectivity index (χ0) is 14.5. The van der Waals surface area contributed by atoms with Gasteiger partial charge in [-0.3, -0.25) is 4.79 Å². The Morgan fingerprint density at radius 3 is 2.58 bits per heavy atom. The molecule has 2 N–H and O–H groups in total. The third-order valence-corrected chi connectivity index (χ3v) is 2.78. The fourth-order valence-corrected chi connectivity index (χ4v) is 1.62. The SMILES string of the molecule is CN(C(=O)CCCCN)c1cccc(C(F)(F)F)c1. The number of nitrogens with zero attached hydrogens (tertiary/aromatic N) is 1. The van der Waals surface area contributed by atoms with Crippen molar-refractivity contribution in [2.45, 2.75) is 25.4 Å². The first-order valence-corrected chi connectivity index (χ1v) is 6.00. The second-order valence-corrected chi connectivity index (χ2v) is 4.25. The molecule has 0 saturated heterocycles. The van der Waals surface area contributed by atoms with Gasteiger partial charge in [0.1, 0.15) is 0 Å². The lowest BCUT2D eigenvalue weighted by Crippen LogP contribution is -2.26. The summed E-state index contributed by atoms with van der Waals surface area (Å²) in [5.74, 6) is -0.215. The molecular weight excluding hydrogens is 257 g/mol. The summed E-state index contributed by atoms with van der Waals surface area (Å²) in [5.41, 5.74) is 4.81. The van der Waals surface area contributed by atoms with Gasteiger partial charge in [0.25, 0.3) is 0 Å². The van der Waals surface area contributed by atoms with Crippen molar-refractivity contribution in [1.82, 2.24) is 0 Å². The highest BCUT2D eigenvalue weighted by Gasteiger charge is 2.30. The molecule has 0 bridgehead atoms. The molecule has 0 spiro atoms. The summed E-state index contributed by atoms with van der Waals surface area (Å²) in [6.45, 7) is 0.501. The maximum absolute atomic E-state index is 12.6. The Kier molecular flexibility index (Phi) is 5.35. The molecule has 0 heterocycles. The summed E-state index contributed by atoms with van der Waals surface area (Å²) in [6.07, 6.45) is -2.76. The number of hydrogen-bond acceptors (Lipinski definition) is 2. The number of carbonyl (C=O) groups is 1. The second kappa shape index (κ2) is 6.56. The summed E-state index contributed by atoms with van der Waals surface area (Å²) in [6, 6.07) is 4.73. The molecular formula is C13H17F3N2O. The maximum atomic E-state index is 12.6. The Bertz CT molecular complexity index is 432. The van der Waals surface area contributed by atoms with Crippen LogP contribution in [-0.2, 0) is 11.0 Å². The van der Waals surface area contributed by atoms with Crippen LogP contribution in [0.15, 0.2) is 24.3 Å². The number of carbonyl (C=O) groups excluding carboxylic acids is 1. The van der Waals surface area contributed by atoms with E-state index in [-0.39, 0.29) is 18.0 Å². The lowest BCUT2D eigenvalue weighted by molar-refractivity contribution is -0.137. The van der Waals surface area contributed by atoms with Gasteiger partial charge >= 0.3 is 6.18 Å². The Balaban J connectivity index is 2.76. The van der Waals surface area contributed by atoms with Crippen molar-refractivity contribution in [2.75, 3.05) is 18.5 Å². The number of unbranched alkanes of at least 4 members (excludes halogenated alkanes) is 1. The van der Waals surface area contributed by atoms with Gasteiger partial charge in [-0.05, 0) is 37.6 Å². The highest BCUT2D eigenvalue weighted by molar-refractivity contribution is 5.92. The Morgan fingerprint density at radius 1 is 1.32 bits per heavy atom. The molecule has 0 aromatic heterocycles. The van der Waals surface area contributed by atoms with Crippen molar-refractivity contribution in [2.24, 2.45) is 5.73 Å². The van der Waals surface area contributed by atoms with Gasteiger partial charge in [0.05, 0.1) is 5.56 Å². The smallest absolute Gasteiger partial charge is 0.330 e. The van der Waals surface area contributed by atoms with Crippen molar-refractivity contribution in [3.63, 3.8) is 0 Å². The standard InChI is InChI=1S/C13H17F3N2O/c1-18(12(19)7-2-3-8-17)11-6-4-5-10(9-11)13(14,15)16/h4-6,9H,2-3,7-8,17H2,1H3. The molecule has 19 heavy (non-hydrogen) atoms. The fraction of sp³-hybridized carbons (Fsp3) is 0.462. The average molecular weight is 274 g/mol. The number of alkyl halides is 3. The molecule has 1 amide bonds. The van der Waals surface area contributed by atoms with Crippen LogP contribution in [0.2, 0.25) is 0 Å². The zero-order valence-corrected chi connectivity index (χ0v) is 10.7. The van der Waals surface area contributed by atoms with Gasteiger partial charge in [-0.25, -0.2) is 0 Å². The molecule has 0 fully saturated rings. The third kappa shape index (κ3) is 4.55. The number of nitrogens with two attached hydrogens (primary N) is 1. The third-order valence-electron chi connectivity index (χ3n) is 2.78. The summed E-state index contributed by atoms with van der Waals surface area (Å²) < 4.78 is 37.7. The highest BCUT2D eigenvalue weighted by Crippen LogP contribution is 2.31. The van der Waals surface area contributed by atoms with Crippen LogP contribution in [0.5, 0.6) is 0 Å². The van der Waals surface area contributed by atoms with E-state index in [9.17, 15) is 18.0 Å². The number of anilines is 1. The highest BCUT2D eigenvalue weighted by atomic mass is 19.4. The Morgan fingerprint density at radius 2 is 2.00 bits per heavy atom. The summed E-state index contributed by atoms with van der Waals surface area (Å²) in [7, 11) is 1.47. The predicted molar refractivity (Wildman–Crippen MR) is 67.8 cm³/mol. The first-order chi connectivity index (χ1) is 8.86. The average Bonchev–Trinajstić information content (AvgIpc) is 2.37. The molecule has 1 aromatic rings. The van der Waals surface area contributed by atoms with Crippen molar-refractivity contribution in [3.8, 4) is 0 Å². The molecule has 1 aromatic carbocycles. The number of halogens is 3. The summed E-state index contributed by atoms with van der Waals surface area (Å²) in [4.78, 5) is 13.0. The van der Waals surface area contributed by atoms with E-state index in [0.717, 1.165) is 18.6 Å². The van der Waals surface area contributed by atoms with Crippen LogP contribution in [0.4, 0.5) is 18.9 Å². The van der Waals surface area contributed by atoms with Crippen LogP contribution >= 0.6 is 0 Å². The predicted octanol–water partition coefficient (Wildman–Crippen LogP) is 2.80. The van der Waals surface area contributed by atoms with E-state index in [1.807, 2.05) is 0 Å². The molecule has 1 rings (SSSR count). The van der Waals surface area contributed by atoms with Crippen LogP contribution in [0.25, 0.3) is 0 Å². The number of amides is 1. The molecule has 3 nitrogen and oxygen atoms in total. The fourth-order valence-electron chi connectivity index (χ4n) is 1.62. The first kappa shape index (κ1) is 15.5. The number of benzene rings is 1.